The number of aryl methyl sites for hydroxylation is 4. The standard InChI is InChI=1S/C27H28O4/c1-15-9-16(2)12-19(11-15)30-25(28)23-21-7-8-22(27(21,5)6)24(23)26(29)31-20-13-17(3)10-18(4)14-20/h7-14,21-22H,1-6H3. The summed E-state index contributed by atoms with van der Waals surface area (Å²) in [6.07, 6.45) is 4.02. The molecule has 0 aliphatic heterocycles. The molecule has 160 valence electrons. The lowest BCUT2D eigenvalue weighted by atomic mass is 9.77. The summed E-state index contributed by atoms with van der Waals surface area (Å²) in [4.78, 5) is 26.5. The molecule has 4 nitrogen and oxygen atoms in total. The molecule has 0 heterocycles. The van der Waals surface area contributed by atoms with E-state index < -0.39 is 11.9 Å². The Kier molecular flexibility index (Phi) is 5.12. The minimum absolute atomic E-state index is 0.183. The molecule has 0 aromatic heterocycles. The van der Waals surface area contributed by atoms with Crippen molar-refractivity contribution < 1.29 is 19.1 Å². The molecule has 0 spiro atoms. The van der Waals surface area contributed by atoms with Gasteiger partial charge in [-0.25, -0.2) is 9.59 Å². The van der Waals surface area contributed by atoms with Crippen LogP contribution in [0.1, 0.15) is 36.1 Å². The molecule has 31 heavy (non-hydrogen) atoms. The largest absolute Gasteiger partial charge is 0.423 e. The number of carbonyl (C=O) groups excluding carboxylic acids is 2. The van der Waals surface area contributed by atoms with E-state index >= 15 is 0 Å². The highest BCUT2D eigenvalue weighted by atomic mass is 16.5. The van der Waals surface area contributed by atoms with Gasteiger partial charge in [0, 0.05) is 11.8 Å². The maximum Gasteiger partial charge on any atom is 0.340 e. The maximum atomic E-state index is 13.3. The Labute approximate surface area is 183 Å². The zero-order valence-corrected chi connectivity index (χ0v) is 18.9. The van der Waals surface area contributed by atoms with Crippen molar-refractivity contribution in [2.75, 3.05) is 0 Å². The van der Waals surface area contributed by atoms with Crippen molar-refractivity contribution in [2.45, 2.75) is 41.5 Å². The monoisotopic (exact) mass is 416 g/mol. The van der Waals surface area contributed by atoms with Gasteiger partial charge in [0.2, 0.25) is 0 Å². The summed E-state index contributed by atoms with van der Waals surface area (Å²) in [7, 11) is 0. The Morgan fingerprint density at radius 2 is 0.968 bits per heavy atom. The van der Waals surface area contributed by atoms with E-state index in [9.17, 15) is 9.59 Å². The molecule has 0 saturated heterocycles. The van der Waals surface area contributed by atoms with Crippen LogP contribution in [-0.2, 0) is 9.59 Å². The summed E-state index contributed by atoms with van der Waals surface area (Å²) < 4.78 is 11.5. The Balaban J connectivity index is 1.69. The number of ether oxygens (including phenoxy) is 2. The third-order valence-corrected chi connectivity index (χ3v) is 6.26. The van der Waals surface area contributed by atoms with Gasteiger partial charge in [0.25, 0.3) is 0 Å². The molecule has 0 N–H and O–H groups in total. The zero-order valence-electron chi connectivity index (χ0n) is 18.9. The summed E-state index contributed by atoms with van der Waals surface area (Å²) in [6, 6.07) is 11.3. The molecule has 2 aromatic carbocycles. The quantitative estimate of drug-likeness (QED) is 0.371. The van der Waals surface area contributed by atoms with Crippen LogP contribution in [0.25, 0.3) is 0 Å². The van der Waals surface area contributed by atoms with Crippen LogP contribution in [0.5, 0.6) is 11.5 Å². The van der Waals surface area contributed by atoms with Gasteiger partial charge in [-0.05, 0) is 79.6 Å². The number of benzene rings is 2. The van der Waals surface area contributed by atoms with Crippen LogP contribution in [0, 0.1) is 44.9 Å². The lowest BCUT2D eigenvalue weighted by Crippen LogP contribution is -2.24. The number of esters is 2. The molecule has 4 rings (SSSR count). The van der Waals surface area contributed by atoms with Crippen LogP contribution in [0.2, 0.25) is 0 Å². The summed E-state index contributed by atoms with van der Waals surface area (Å²) >= 11 is 0. The van der Waals surface area contributed by atoms with Gasteiger partial charge in [-0.15, -0.1) is 0 Å². The Morgan fingerprint density at radius 3 is 1.29 bits per heavy atom. The molecule has 0 saturated carbocycles. The van der Waals surface area contributed by atoms with Gasteiger partial charge in [0.1, 0.15) is 11.5 Å². The van der Waals surface area contributed by atoms with Gasteiger partial charge in [-0.3, -0.25) is 0 Å². The average molecular weight is 417 g/mol. The Hall–Kier alpha value is -3.14. The minimum Gasteiger partial charge on any atom is -0.423 e. The van der Waals surface area contributed by atoms with Crippen LogP contribution in [0.15, 0.2) is 59.7 Å². The van der Waals surface area contributed by atoms with Crippen LogP contribution in [0.3, 0.4) is 0 Å². The molecule has 2 aliphatic rings. The molecule has 2 atom stereocenters. The summed E-state index contributed by atoms with van der Waals surface area (Å²) in [5, 5.41) is 0. The van der Waals surface area contributed by atoms with Crippen molar-refractivity contribution >= 4 is 11.9 Å². The molecule has 0 amide bonds. The molecule has 0 radical (unpaired) electrons. The predicted molar refractivity (Wildman–Crippen MR) is 120 cm³/mol. The van der Waals surface area contributed by atoms with Crippen LogP contribution in [0.4, 0.5) is 0 Å². The zero-order chi connectivity index (χ0) is 22.5. The van der Waals surface area contributed by atoms with E-state index in [1.165, 1.54) is 0 Å². The fourth-order valence-corrected chi connectivity index (χ4v) is 4.96. The van der Waals surface area contributed by atoms with E-state index in [-0.39, 0.29) is 17.3 Å². The van der Waals surface area contributed by atoms with E-state index in [4.69, 9.17) is 9.47 Å². The number of hydrogen-bond donors (Lipinski definition) is 0. The number of carbonyl (C=O) groups is 2. The summed E-state index contributed by atoms with van der Waals surface area (Å²) in [5.41, 5.74) is 4.59. The highest BCUT2D eigenvalue weighted by Gasteiger charge is 2.55. The molecule has 2 bridgehead atoms. The van der Waals surface area contributed by atoms with Gasteiger partial charge in [0.05, 0.1) is 11.1 Å². The van der Waals surface area contributed by atoms with Crippen molar-refractivity contribution in [3.63, 3.8) is 0 Å². The smallest absolute Gasteiger partial charge is 0.340 e. The highest BCUT2D eigenvalue weighted by Crippen LogP contribution is 2.57. The summed E-state index contributed by atoms with van der Waals surface area (Å²) in [6.45, 7) is 12.0. The normalized spacial score (nSPS) is 20.8. The number of allylic oxidation sites excluding steroid dienone is 2. The molecule has 2 aliphatic carbocycles. The van der Waals surface area contributed by atoms with Gasteiger partial charge in [0.15, 0.2) is 0 Å². The lowest BCUT2D eigenvalue weighted by Gasteiger charge is -2.25. The van der Waals surface area contributed by atoms with Crippen LogP contribution in [-0.4, -0.2) is 11.9 Å². The van der Waals surface area contributed by atoms with E-state index in [1.54, 1.807) is 0 Å². The minimum atomic E-state index is -0.484. The van der Waals surface area contributed by atoms with Crippen molar-refractivity contribution in [3.05, 3.63) is 82.0 Å². The van der Waals surface area contributed by atoms with E-state index in [1.807, 2.05) is 76.2 Å². The topological polar surface area (TPSA) is 52.6 Å². The second-order valence-corrected chi connectivity index (χ2v) is 9.41. The number of fused-ring (bicyclic) bond motifs is 2. The number of hydrogen-bond acceptors (Lipinski definition) is 4. The molecule has 0 fully saturated rings. The van der Waals surface area contributed by atoms with Gasteiger partial charge in [-0.1, -0.05) is 38.1 Å². The van der Waals surface area contributed by atoms with E-state index in [2.05, 4.69) is 13.8 Å². The first-order valence-electron chi connectivity index (χ1n) is 10.6. The average Bonchev–Trinajstić information content (AvgIpc) is 3.05. The predicted octanol–water partition coefficient (Wildman–Crippen LogP) is 5.57. The Bertz CT molecular complexity index is 1020. The van der Waals surface area contributed by atoms with E-state index in [0.717, 1.165) is 22.3 Å². The van der Waals surface area contributed by atoms with Crippen molar-refractivity contribution in [1.82, 2.24) is 0 Å². The van der Waals surface area contributed by atoms with Crippen LogP contribution < -0.4 is 9.47 Å². The van der Waals surface area contributed by atoms with Gasteiger partial charge >= 0.3 is 11.9 Å². The first-order valence-corrected chi connectivity index (χ1v) is 10.6. The van der Waals surface area contributed by atoms with Gasteiger partial charge < -0.3 is 9.47 Å². The second kappa shape index (κ2) is 7.52. The molecular formula is C27H28O4. The third-order valence-electron chi connectivity index (χ3n) is 6.26. The SMILES string of the molecule is Cc1cc(C)cc(OC(=O)C2=C(C(=O)Oc3cc(C)cc(C)c3)C3C=CC2C3(C)C)c1. The molecule has 2 unspecified atom stereocenters. The fourth-order valence-electron chi connectivity index (χ4n) is 4.96. The molecule has 4 heteroatoms. The third kappa shape index (κ3) is 3.83. The van der Waals surface area contributed by atoms with Crippen molar-refractivity contribution in [2.24, 2.45) is 17.3 Å². The van der Waals surface area contributed by atoms with E-state index in [0.29, 0.717) is 22.6 Å². The van der Waals surface area contributed by atoms with Crippen LogP contribution >= 0.6 is 0 Å². The first-order chi connectivity index (χ1) is 14.6. The maximum absolute atomic E-state index is 13.3. The lowest BCUT2D eigenvalue weighted by molar-refractivity contribution is -0.133. The van der Waals surface area contributed by atoms with Gasteiger partial charge in [-0.2, -0.15) is 0 Å². The Morgan fingerprint density at radius 1 is 0.645 bits per heavy atom. The van der Waals surface area contributed by atoms with Crippen molar-refractivity contribution in [1.29, 1.82) is 0 Å². The fraction of sp³-hybridized carbons (Fsp3) is 0.333. The van der Waals surface area contributed by atoms with Crippen molar-refractivity contribution in [3.8, 4) is 11.5 Å². The summed E-state index contributed by atoms with van der Waals surface area (Å²) in [5.74, 6) is -0.358. The first kappa shape index (κ1) is 21.1. The highest BCUT2D eigenvalue weighted by molar-refractivity contribution is 6.05. The molecular weight excluding hydrogens is 388 g/mol. The number of rotatable bonds is 4. The molecule has 2 aromatic rings. The second-order valence-electron chi connectivity index (χ2n) is 9.41.